The molecule has 1 fully saturated rings. The Bertz CT molecular complexity index is 605. The molecule has 3 N–H and O–H groups in total. The number of likely N-dealkylation sites (tertiary alicyclic amines) is 1. The maximum Gasteiger partial charge on any atom is 0.315 e. The summed E-state index contributed by atoms with van der Waals surface area (Å²) in [5.74, 6) is 0.802. The van der Waals surface area contributed by atoms with Gasteiger partial charge < -0.3 is 10.6 Å². The highest BCUT2D eigenvalue weighted by molar-refractivity contribution is 7.10. The predicted molar refractivity (Wildman–Crippen MR) is 95.9 cm³/mol. The smallest absolute Gasteiger partial charge is 0.315 e. The molecule has 0 bridgehead atoms. The number of urea groups is 1. The third-order valence-electron chi connectivity index (χ3n) is 4.58. The second-order valence-corrected chi connectivity index (χ2v) is 7.37. The number of hydrogen-bond acceptors (Lipinski definition) is 4. The van der Waals surface area contributed by atoms with Gasteiger partial charge in [0.2, 0.25) is 0 Å². The number of aromatic amines is 1. The van der Waals surface area contributed by atoms with Crippen LogP contribution in [0.5, 0.6) is 0 Å². The van der Waals surface area contributed by atoms with E-state index >= 15 is 0 Å². The summed E-state index contributed by atoms with van der Waals surface area (Å²) in [6.07, 6.45) is 4.14. The molecule has 1 atom stereocenters. The minimum absolute atomic E-state index is 0.142. The molecule has 2 aromatic heterocycles. The molecule has 24 heavy (non-hydrogen) atoms. The average Bonchev–Trinajstić information content (AvgIpc) is 3.28. The number of rotatable bonds is 6. The fourth-order valence-electron chi connectivity index (χ4n) is 3.04. The molecule has 130 valence electrons. The third kappa shape index (κ3) is 4.58. The summed E-state index contributed by atoms with van der Waals surface area (Å²) < 4.78 is 0. The first kappa shape index (κ1) is 17.0. The zero-order valence-corrected chi connectivity index (χ0v) is 14.8. The molecule has 2 amide bonds. The van der Waals surface area contributed by atoms with Gasteiger partial charge in [0, 0.05) is 17.6 Å². The number of thiophene rings is 1. The van der Waals surface area contributed by atoms with Crippen molar-refractivity contribution >= 4 is 17.4 Å². The van der Waals surface area contributed by atoms with Gasteiger partial charge in [-0.3, -0.25) is 10.00 Å². The van der Waals surface area contributed by atoms with E-state index in [1.54, 1.807) is 17.5 Å². The Morgan fingerprint density at radius 1 is 1.42 bits per heavy atom. The van der Waals surface area contributed by atoms with Gasteiger partial charge in [-0.25, -0.2) is 4.79 Å². The lowest BCUT2D eigenvalue weighted by atomic mass is 9.97. The average molecular weight is 347 g/mol. The van der Waals surface area contributed by atoms with Crippen molar-refractivity contribution in [2.75, 3.05) is 19.6 Å². The second-order valence-electron chi connectivity index (χ2n) is 6.40. The molecule has 2 aromatic rings. The molecule has 0 radical (unpaired) electrons. The van der Waals surface area contributed by atoms with Crippen LogP contribution in [0.15, 0.2) is 29.8 Å². The lowest BCUT2D eigenvalue weighted by molar-refractivity contribution is 0.138. The molecule has 0 spiro atoms. The van der Waals surface area contributed by atoms with E-state index in [-0.39, 0.29) is 12.1 Å². The number of carbonyl (C=O) groups is 1. The Morgan fingerprint density at radius 3 is 2.92 bits per heavy atom. The lowest BCUT2D eigenvalue weighted by Gasteiger charge is -2.36. The number of H-pyrrole nitrogens is 1. The van der Waals surface area contributed by atoms with Crippen molar-refractivity contribution in [2.24, 2.45) is 5.92 Å². The van der Waals surface area contributed by atoms with E-state index in [2.05, 4.69) is 50.2 Å². The monoisotopic (exact) mass is 347 g/mol. The number of nitrogens with one attached hydrogen (secondary N) is 3. The zero-order chi connectivity index (χ0) is 16.8. The van der Waals surface area contributed by atoms with Gasteiger partial charge in [0.25, 0.3) is 0 Å². The molecule has 3 rings (SSSR count). The Hall–Kier alpha value is -1.86. The van der Waals surface area contributed by atoms with Crippen molar-refractivity contribution in [2.45, 2.75) is 32.4 Å². The summed E-state index contributed by atoms with van der Waals surface area (Å²) in [4.78, 5) is 15.9. The van der Waals surface area contributed by atoms with Crippen LogP contribution in [0.1, 0.15) is 36.4 Å². The topological polar surface area (TPSA) is 73.1 Å². The first-order chi connectivity index (χ1) is 11.7. The number of carbonyl (C=O) groups excluding carboxylic acids is 1. The molecule has 0 aromatic carbocycles. The number of aromatic nitrogens is 2. The number of piperidine rings is 1. The van der Waals surface area contributed by atoms with Gasteiger partial charge in [-0.05, 0) is 49.4 Å². The highest BCUT2D eigenvalue weighted by atomic mass is 32.1. The molecule has 7 heteroatoms. The van der Waals surface area contributed by atoms with Gasteiger partial charge in [-0.2, -0.15) is 5.10 Å². The van der Waals surface area contributed by atoms with Gasteiger partial charge in [-0.15, -0.1) is 11.3 Å². The van der Waals surface area contributed by atoms with Crippen molar-refractivity contribution in [3.05, 3.63) is 40.3 Å². The summed E-state index contributed by atoms with van der Waals surface area (Å²) in [6, 6.07) is 6.21. The van der Waals surface area contributed by atoms with Gasteiger partial charge >= 0.3 is 6.03 Å². The summed E-state index contributed by atoms with van der Waals surface area (Å²) in [7, 11) is 0. The van der Waals surface area contributed by atoms with E-state index in [1.807, 2.05) is 6.07 Å². The molecule has 0 aliphatic carbocycles. The molecule has 1 aliphatic rings. The molecule has 6 nitrogen and oxygen atoms in total. The van der Waals surface area contributed by atoms with Crippen LogP contribution in [0.25, 0.3) is 0 Å². The quantitative estimate of drug-likeness (QED) is 0.752. The standard InChI is InChI=1S/C17H25N5OS/c1-13-5-8-22(9-6-13)15(16-3-2-10-24-16)12-19-17(23)18-11-14-4-7-20-21-14/h2-4,7,10,13,15H,5-6,8-9,11-12H2,1H3,(H,20,21)(H2,18,19,23)/t15-/m0/s1. The minimum atomic E-state index is -0.142. The van der Waals surface area contributed by atoms with Gasteiger partial charge in [-0.1, -0.05) is 13.0 Å². The highest BCUT2D eigenvalue weighted by Gasteiger charge is 2.25. The van der Waals surface area contributed by atoms with Crippen molar-refractivity contribution in [3.63, 3.8) is 0 Å². The molecule has 1 saturated heterocycles. The molecule has 0 saturated carbocycles. The fraction of sp³-hybridized carbons (Fsp3) is 0.529. The largest absolute Gasteiger partial charge is 0.336 e. The van der Waals surface area contributed by atoms with E-state index in [4.69, 9.17) is 0 Å². The van der Waals surface area contributed by atoms with Crippen LogP contribution in [-0.4, -0.2) is 40.8 Å². The van der Waals surface area contributed by atoms with Crippen molar-refractivity contribution in [1.29, 1.82) is 0 Å². The van der Waals surface area contributed by atoms with Gasteiger partial charge in [0.05, 0.1) is 18.3 Å². The molecular formula is C17H25N5OS. The third-order valence-corrected chi connectivity index (χ3v) is 5.56. The van der Waals surface area contributed by atoms with Crippen molar-refractivity contribution < 1.29 is 4.79 Å². The van der Waals surface area contributed by atoms with Crippen molar-refractivity contribution in [3.8, 4) is 0 Å². The summed E-state index contributed by atoms with van der Waals surface area (Å²) in [5.41, 5.74) is 0.893. The van der Waals surface area contributed by atoms with Crippen LogP contribution in [0.2, 0.25) is 0 Å². The first-order valence-electron chi connectivity index (χ1n) is 8.50. The first-order valence-corrected chi connectivity index (χ1v) is 9.37. The van der Waals surface area contributed by atoms with Crippen LogP contribution in [-0.2, 0) is 6.54 Å². The molecule has 1 aliphatic heterocycles. The zero-order valence-electron chi connectivity index (χ0n) is 14.0. The van der Waals surface area contributed by atoms with E-state index < -0.39 is 0 Å². The van der Waals surface area contributed by atoms with Crippen LogP contribution in [0.4, 0.5) is 4.79 Å². The van der Waals surface area contributed by atoms with Crippen LogP contribution in [0, 0.1) is 5.92 Å². The Morgan fingerprint density at radius 2 is 2.25 bits per heavy atom. The van der Waals surface area contributed by atoms with Gasteiger partial charge in [0.1, 0.15) is 0 Å². The fourth-order valence-corrected chi connectivity index (χ4v) is 3.90. The highest BCUT2D eigenvalue weighted by Crippen LogP contribution is 2.28. The van der Waals surface area contributed by atoms with E-state index in [1.165, 1.54) is 17.7 Å². The van der Waals surface area contributed by atoms with Gasteiger partial charge in [0.15, 0.2) is 0 Å². The second kappa shape index (κ2) is 8.30. The molecule has 3 heterocycles. The number of amides is 2. The molecular weight excluding hydrogens is 322 g/mol. The minimum Gasteiger partial charge on any atom is -0.336 e. The maximum atomic E-state index is 12.1. The van der Waals surface area contributed by atoms with Crippen LogP contribution >= 0.6 is 11.3 Å². The Kier molecular flexibility index (Phi) is 5.87. The predicted octanol–water partition coefficient (Wildman–Crippen LogP) is 2.74. The Balaban J connectivity index is 1.53. The number of hydrogen-bond donors (Lipinski definition) is 3. The van der Waals surface area contributed by atoms with E-state index in [0.29, 0.717) is 13.1 Å². The van der Waals surface area contributed by atoms with E-state index in [9.17, 15) is 4.79 Å². The number of nitrogens with zero attached hydrogens (tertiary/aromatic N) is 2. The van der Waals surface area contributed by atoms with E-state index in [0.717, 1.165) is 24.7 Å². The molecule has 0 unspecified atom stereocenters. The SMILES string of the molecule is CC1CCN([C@@H](CNC(=O)NCc2ccn[nH]2)c2cccs2)CC1. The normalized spacial score (nSPS) is 17.5. The maximum absolute atomic E-state index is 12.1. The summed E-state index contributed by atoms with van der Waals surface area (Å²) in [6.45, 7) is 5.60. The summed E-state index contributed by atoms with van der Waals surface area (Å²) in [5, 5.41) is 14.7. The van der Waals surface area contributed by atoms with Crippen LogP contribution < -0.4 is 10.6 Å². The van der Waals surface area contributed by atoms with Crippen LogP contribution in [0.3, 0.4) is 0 Å². The Labute approximate surface area is 146 Å². The summed E-state index contributed by atoms with van der Waals surface area (Å²) >= 11 is 1.76. The lowest BCUT2D eigenvalue weighted by Crippen LogP contribution is -2.44. The van der Waals surface area contributed by atoms with Crippen molar-refractivity contribution in [1.82, 2.24) is 25.7 Å².